The molecule has 20 heavy (non-hydrogen) atoms. The van der Waals surface area contributed by atoms with E-state index in [2.05, 4.69) is 19.2 Å². The van der Waals surface area contributed by atoms with Crippen LogP contribution in [0.1, 0.15) is 26.7 Å². The third-order valence-corrected chi connectivity index (χ3v) is 9.30. The van der Waals surface area contributed by atoms with Crippen LogP contribution < -0.4 is 5.32 Å². The van der Waals surface area contributed by atoms with Gasteiger partial charge in [0.15, 0.2) is 8.32 Å². The van der Waals surface area contributed by atoms with E-state index in [0.717, 1.165) is 23.4 Å². The Balaban J connectivity index is 2.04. The summed E-state index contributed by atoms with van der Waals surface area (Å²) >= 11 is 1.64. The molecule has 1 aliphatic heterocycles. The van der Waals surface area contributed by atoms with Crippen molar-refractivity contribution in [1.82, 2.24) is 0 Å². The summed E-state index contributed by atoms with van der Waals surface area (Å²) in [6.45, 7) is 8.16. The topological polar surface area (TPSA) is 49.3 Å². The van der Waals surface area contributed by atoms with Crippen LogP contribution in [-0.2, 0) is 4.79 Å². The molecule has 0 saturated heterocycles. The Bertz CT molecular complexity index is 511. The number of carbonyl (C=O) groups excluding carboxylic acids is 1. The number of hydrogen-bond donors (Lipinski definition) is 2. The predicted molar refractivity (Wildman–Crippen MR) is 87.7 cm³/mol. The molecule has 1 heterocycles. The van der Waals surface area contributed by atoms with Crippen molar-refractivity contribution in [2.75, 3.05) is 5.32 Å². The molecule has 0 spiro atoms. The van der Waals surface area contributed by atoms with Crippen molar-refractivity contribution in [3.63, 3.8) is 0 Å². The second-order valence-electron chi connectivity index (χ2n) is 6.57. The smallest absolute Gasteiger partial charge is 0.237 e. The summed E-state index contributed by atoms with van der Waals surface area (Å²) in [6.07, 6.45) is 1.67. The minimum atomic E-state index is -2.20. The Morgan fingerprint density at radius 1 is 1.35 bits per heavy atom. The van der Waals surface area contributed by atoms with Gasteiger partial charge in [0.25, 0.3) is 0 Å². The van der Waals surface area contributed by atoms with E-state index in [-0.39, 0.29) is 16.2 Å². The molecular weight excluding hydrogens is 286 g/mol. The summed E-state index contributed by atoms with van der Waals surface area (Å²) in [5.41, 5.74) is 0.912. The Labute approximate surface area is 126 Å². The number of benzene rings is 1. The van der Waals surface area contributed by atoms with Gasteiger partial charge in [-0.25, -0.2) is 0 Å². The van der Waals surface area contributed by atoms with Gasteiger partial charge in [0.1, 0.15) is 0 Å². The number of rotatable bonds is 4. The lowest BCUT2D eigenvalue weighted by atomic mass is 10.0. The third kappa shape index (κ3) is 3.27. The van der Waals surface area contributed by atoms with Gasteiger partial charge in [-0.15, -0.1) is 11.8 Å². The lowest BCUT2D eigenvalue weighted by Gasteiger charge is -2.36. The zero-order valence-electron chi connectivity index (χ0n) is 12.6. The molecule has 2 N–H and O–H groups in total. The van der Waals surface area contributed by atoms with Gasteiger partial charge in [-0.3, -0.25) is 4.79 Å². The molecule has 0 fully saturated rings. The SMILES string of the molecule is CC(C)(CCC1Sc2ccccc2NC1=O)[Si](C)(C)O. The van der Waals surface area contributed by atoms with E-state index in [9.17, 15) is 9.59 Å². The third-order valence-electron chi connectivity index (χ3n) is 4.39. The van der Waals surface area contributed by atoms with E-state index < -0.39 is 8.32 Å². The normalized spacial score (nSPS) is 19.4. The first kappa shape index (κ1) is 15.6. The first-order chi connectivity index (χ1) is 9.21. The zero-order valence-corrected chi connectivity index (χ0v) is 14.4. The van der Waals surface area contributed by atoms with Crippen LogP contribution in [-0.4, -0.2) is 24.3 Å². The second-order valence-corrected chi connectivity index (χ2v) is 12.3. The second kappa shape index (κ2) is 5.54. The van der Waals surface area contributed by atoms with E-state index in [0.29, 0.717) is 0 Å². The summed E-state index contributed by atoms with van der Waals surface area (Å²) in [5.74, 6) is 0.0851. The van der Waals surface area contributed by atoms with E-state index in [1.54, 1.807) is 11.8 Å². The minimum absolute atomic E-state index is 0.0551. The highest BCUT2D eigenvalue weighted by atomic mass is 32.2. The minimum Gasteiger partial charge on any atom is -0.432 e. The summed E-state index contributed by atoms with van der Waals surface area (Å²) in [5, 5.41) is 2.84. The first-order valence-electron chi connectivity index (χ1n) is 7.00. The van der Waals surface area contributed by atoms with Gasteiger partial charge >= 0.3 is 0 Å². The average molecular weight is 310 g/mol. The summed E-state index contributed by atoms with van der Waals surface area (Å²) in [7, 11) is -2.20. The lowest BCUT2D eigenvalue weighted by Crippen LogP contribution is -2.40. The van der Waals surface area contributed by atoms with Crippen molar-refractivity contribution in [3.8, 4) is 0 Å². The maximum atomic E-state index is 12.1. The Morgan fingerprint density at radius 3 is 2.65 bits per heavy atom. The van der Waals surface area contributed by atoms with Gasteiger partial charge in [0.05, 0.1) is 10.9 Å². The van der Waals surface area contributed by atoms with E-state index in [4.69, 9.17) is 0 Å². The molecule has 1 unspecified atom stereocenters. The number of nitrogens with one attached hydrogen (secondary N) is 1. The van der Waals surface area contributed by atoms with Crippen molar-refractivity contribution in [2.45, 2.75) is 55.0 Å². The fourth-order valence-electron chi connectivity index (χ4n) is 2.08. The molecule has 5 heteroatoms. The predicted octanol–water partition coefficient (Wildman–Crippen LogP) is 3.86. The molecule has 0 bridgehead atoms. The zero-order chi connectivity index (χ0) is 15.0. The fourth-order valence-corrected chi connectivity index (χ4v) is 3.95. The van der Waals surface area contributed by atoms with E-state index >= 15 is 0 Å². The van der Waals surface area contributed by atoms with Crippen LogP contribution in [0.4, 0.5) is 5.69 Å². The lowest BCUT2D eigenvalue weighted by molar-refractivity contribution is -0.116. The number of para-hydroxylation sites is 1. The van der Waals surface area contributed by atoms with Crippen LogP contribution in [0.2, 0.25) is 18.1 Å². The molecule has 0 aromatic heterocycles. The highest BCUT2D eigenvalue weighted by Gasteiger charge is 2.39. The van der Waals surface area contributed by atoms with Crippen molar-refractivity contribution in [1.29, 1.82) is 0 Å². The molecule has 1 aromatic rings. The number of hydrogen-bond acceptors (Lipinski definition) is 3. The largest absolute Gasteiger partial charge is 0.432 e. The van der Waals surface area contributed by atoms with Crippen LogP contribution in [0.3, 0.4) is 0 Å². The first-order valence-corrected chi connectivity index (χ1v) is 10.8. The molecule has 2 rings (SSSR count). The van der Waals surface area contributed by atoms with Gasteiger partial charge in [0.2, 0.25) is 5.91 Å². The molecule has 1 atom stereocenters. The number of anilines is 1. The molecule has 0 saturated carbocycles. The molecule has 0 aliphatic carbocycles. The van der Waals surface area contributed by atoms with Crippen molar-refractivity contribution < 1.29 is 9.59 Å². The molecule has 3 nitrogen and oxygen atoms in total. The highest BCUT2D eigenvalue weighted by molar-refractivity contribution is 8.01. The fraction of sp³-hybridized carbons (Fsp3) is 0.533. The van der Waals surface area contributed by atoms with Gasteiger partial charge in [-0.2, -0.15) is 0 Å². The van der Waals surface area contributed by atoms with Crippen LogP contribution in [0, 0.1) is 0 Å². The maximum absolute atomic E-state index is 12.1. The Morgan fingerprint density at radius 2 is 2.00 bits per heavy atom. The average Bonchev–Trinajstić information content (AvgIpc) is 2.35. The monoisotopic (exact) mass is 309 g/mol. The quantitative estimate of drug-likeness (QED) is 0.830. The van der Waals surface area contributed by atoms with E-state index in [1.165, 1.54) is 0 Å². The molecule has 1 aromatic carbocycles. The molecule has 110 valence electrons. The molecule has 0 radical (unpaired) electrons. The van der Waals surface area contributed by atoms with Crippen LogP contribution >= 0.6 is 11.8 Å². The summed E-state index contributed by atoms with van der Waals surface area (Å²) in [6, 6.07) is 7.91. The standard InChI is InChI=1S/C15H23NO2SSi/c1-15(2,20(3,4)18)10-9-13-14(17)16-11-7-5-6-8-12(11)19-13/h5-8,13,18H,9-10H2,1-4H3,(H,16,17). The van der Waals surface area contributed by atoms with E-state index in [1.807, 2.05) is 37.4 Å². The van der Waals surface area contributed by atoms with Gasteiger partial charge in [0, 0.05) is 4.90 Å². The van der Waals surface area contributed by atoms with Crippen LogP contribution in [0.15, 0.2) is 29.2 Å². The Hall–Kier alpha value is -0.783. The number of thioether (sulfide) groups is 1. The Kier molecular flexibility index (Phi) is 4.32. The van der Waals surface area contributed by atoms with Gasteiger partial charge < -0.3 is 10.1 Å². The molecule has 1 aliphatic rings. The summed E-state index contributed by atoms with van der Waals surface area (Å²) in [4.78, 5) is 23.6. The number of carbonyl (C=O) groups is 1. The number of amides is 1. The van der Waals surface area contributed by atoms with Crippen molar-refractivity contribution in [2.24, 2.45) is 0 Å². The van der Waals surface area contributed by atoms with Crippen molar-refractivity contribution in [3.05, 3.63) is 24.3 Å². The van der Waals surface area contributed by atoms with Crippen LogP contribution in [0.5, 0.6) is 0 Å². The molecule has 1 amide bonds. The number of fused-ring (bicyclic) bond motifs is 1. The maximum Gasteiger partial charge on any atom is 0.237 e. The van der Waals surface area contributed by atoms with Gasteiger partial charge in [-0.1, -0.05) is 26.0 Å². The summed E-state index contributed by atoms with van der Waals surface area (Å²) < 4.78 is 0. The molecular formula is C15H23NO2SSi. The van der Waals surface area contributed by atoms with Crippen LogP contribution in [0.25, 0.3) is 0 Å². The van der Waals surface area contributed by atoms with Crippen molar-refractivity contribution >= 4 is 31.7 Å². The van der Waals surface area contributed by atoms with Gasteiger partial charge in [-0.05, 0) is 43.1 Å². The highest BCUT2D eigenvalue weighted by Crippen LogP contribution is 2.43.